The molecule has 1 N–H and O–H groups in total. The van der Waals surface area contributed by atoms with Crippen LogP contribution in [-0.2, 0) is 0 Å². The molecule has 5 heteroatoms. The number of phenolic OH excluding ortho intramolecular Hbond substituents is 1. The second kappa shape index (κ2) is 5.10. The smallest absolute Gasteiger partial charge is 0.283 e. The lowest BCUT2D eigenvalue weighted by molar-refractivity contribution is -0.387. The van der Waals surface area contributed by atoms with E-state index in [4.69, 9.17) is 0 Å². The van der Waals surface area contributed by atoms with Crippen LogP contribution in [-0.4, -0.2) is 10.0 Å². The van der Waals surface area contributed by atoms with Gasteiger partial charge in [0.05, 0.1) is 9.82 Å². The summed E-state index contributed by atoms with van der Waals surface area (Å²) in [5.74, 6) is 0.149. The highest BCUT2D eigenvalue weighted by atomic mass is 32.2. The van der Waals surface area contributed by atoms with E-state index in [1.165, 1.54) is 17.8 Å². The van der Waals surface area contributed by atoms with E-state index in [0.717, 1.165) is 10.5 Å². The van der Waals surface area contributed by atoms with Crippen molar-refractivity contribution in [3.8, 4) is 5.75 Å². The van der Waals surface area contributed by atoms with Gasteiger partial charge in [0.1, 0.15) is 5.75 Å². The number of aromatic hydroxyl groups is 1. The lowest BCUT2D eigenvalue weighted by Crippen LogP contribution is -1.92. The van der Waals surface area contributed by atoms with Crippen molar-refractivity contribution >= 4 is 17.4 Å². The van der Waals surface area contributed by atoms with Gasteiger partial charge < -0.3 is 5.11 Å². The molecule has 0 fully saturated rings. The molecule has 0 aliphatic rings. The van der Waals surface area contributed by atoms with Crippen LogP contribution in [0.2, 0.25) is 0 Å². The molecule has 4 nitrogen and oxygen atoms in total. The molecule has 0 atom stereocenters. The number of benzene rings is 2. The van der Waals surface area contributed by atoms with Crippen molar-refractivity contribution in [1.29, 1.82) is 0 Å². The van der Waals surface area contributed by atoms with Crippen molar-refractivity contribution in [2.24, 2.45) is 0 Å². The Morgan fingerprint density at radius 3 is 2.61 bits per heavy atom. The number of hydrogen-bond donors (Lipinski definition) is 1. The minimum Gasteiger partial charge on any atom is -0.508 e. The Hall–Kier alpha value is -2.01. The van der Waals surface area contributed by atoms with Gasteiger partial charge in [-0.1, -0.05) is 30.0 Å². The summed E-state index contributed by atoms with van der Waals surface area (Å²) in [6.45, 7) is 1.83. The third-order valence-electron chi connectivity index (χ3n) is 2.43. The standard InChI is InChI=1S/C13H11NO3S/c1-9-4-2-7-12(14(16)17)13(9)18-11-6-3-5-10(15)8-11/h2-8,15H,1H3. The van der Waals surface area contributed by atoms with Crippen molar-refractivity contribution in [1.82, 2.24) is 0 Å². The fourth-order valence-electron chi connectivity index (χ4n) is 1.58. The number of aryl methyl sites for hydroxylation is 1. The van der Waals surface area contributed by atoms with Gasteiger partial charge in [-0.05, 0) is 30.7 Å². The molecular formula is C13H11NO3S. The molecular weight excluding hydrogens is 250 g/mol. The van der Waals surface area contributed by atoms with Gasteiger partial charge in [-0.15, -0.1) is 0 Å². The van der Waals surface area contributed by atoms with Crippen LogP contribution in [0.25, 0.3) is 0 Å². The second-order valence-electron chi connectivity index (χ2n) is 3.78. The van der Waals surface area contributed by atoms with Gasteiger partial charge in [0.25, 0.3) is 5.69 Å². The third kappa shape index (κ3) is 2.62. The summed E-state index contributed by atoms with van der Waals surface area (Å²) in [6, 6.07) is 11.6. The molecule has 0 saturated carbocycles. The summed E-state index contributed by atoms with van der Waals surface area (Å²) in [7, 11) is 0. The molecule has 0 saturated heterocycles. The van der Waals surface area contributed by atoms with Gasteiger partial charge >= 0.3 is 0 Å². The first-order valence-electron chi connectivity index (χ1n) is 5.29. The summed E-state index contributed by atoms with van der Waals surface area (Å²) >= 11 is 1.28. The summed E-state index contributed by atoms with van der Waals surface area (Å²) in [6.07, 6.45) is 0. The molecule has 0 amide bonds. The quantitative estimate of drug-likeness (QED) is 0.675. The van der Waals surface area contributed by atoms with Crippen LogP contribution >= 0.6 is 11.8 Å². The van der Waals surface area contributed by atoms with Crippen molar-refractivity contribution in [3.05, 3.63) is 58.1 Å². The molecule has 0 aromatic heterocycles. The fourth-order valence-corrected chi connectivity index (χ4v) is 2.62. The van der Waals surface area contributed by atoms with E-state index in [2.05, 4.69) is 0 Å². The van der Waals surface area contributed by atoms with Crippen molar-refractivity contribution < 1.29 is 10.0 Å². The first-order chi connectivity index (χ1) is 8.58. The number of rotatable bonds is 3. The van der Waals surface area contributed by atoms with Gasteiger partial charge in [-0.2, -0.15) is 0 Å². The molecule has 2 rings (SSSR count). The van der Waals surface area contributed by atoms with Gasteiger partial charge in [0, 0.05) is 11.0 Å². The molecule has 92 valence electrons. The summed E-state index contributed by atoms with van der Waals surface area (Å²) in [4.78, 5) is 12.0. The largest absolute Gasteiger partial charge is 0.508 e. The van der Waals surface area contributed by atoms with Crippen LogP contribution in [0.1, 0.15) is 5.56 Å². The van der Waals surface area contributed by atoms with Crippen molar-refractivity contribution in [3.63, 3.8) is 0 Å². The predicted molar refractivity (Wildman–Crippen MR) is 70.1 cm³/mol. The Balaban J connectivity index is 2.42. The lowest BCUT2D eigenvalue weighted by Gasteiger charge is -2.06. The number of phenols is 1. The molecule has 0 aliphatic heterocycles. The van der Waals surface area contributed by atoms with Gasteiger partial charge in [0.2, 0.25) is 0 Å². The third-order valence-corrected chi connectivity index (χ3v) is 3.65. The molecule has 0 aliphatic carbocycles. The number of nitro groups is 1. The Labute approximate surface area is 108 Å². The van der Waals surface area contributed by atoms with E-state index in [1.54, 1.807) is 30.3 Å². The maximum Gasteiger partial charge on any atom is 0.283 e. The molecule has 0 radical (unpaired) electrons. The van der Waals surface area contributed by atoms with E-state index in [0.29, 0.717) is 4.90 Å². The summed E-state index contributed by atoms with van der Waals surface area (Å²) in [5, 5.41) is 20.4. The zero-order valence-electron chi connectivity index (χ0n) is 9.66. The molecule has 0 heterocycles. The average molecular weight is 261 g/mol. The normalized spacial score (nSPS) is 10.3. The first-order valence-corrected chi connectivity index (χ1v) is 6.10. The van der Waals surface area contributed by atoms with Crippen LogP contribution in [0.4, 0.5) is 5.69 Å². The molecule has 2 aromatic carbocycles. The SMILES string of the molecule is Cc1cccc([N+](=O)[O-])c1Sc1cccc(O)c1. The number of nitrogens with zero attached hydrogens (tertiary/aromatic N) is 1. The molecule has 18 heavy (non-hydrogen) atoms. The zero-order valence-corrected chi connectivity index (χ0v) is 10.5. The summed E-state index contributed by atoms with van der Waals surface area (Å²) < 4.78 is 0. The minimum absolute atomic E-state index is 0.0864. The monoisotopic (exact) mass is 261 g/mol. The zero-order chi connectivity index (χ0) is 13.1. The van der Waals surface area contributed by atoms with Crippen LogP contribution in [0.15, 0.2) is 52.3 Å². The molecule has 0 bridgehead atoms. The van der Waals surface area contributed by atoms with E-state index in [-0.39, 0.29) is 11.4 Å². The Morgan fingerprint density at radius 1 is 1.22 bits per heavy atom. The Bertz CT molecular complexity index is 599. The Morgan fingerprint density at radius 2 is 1.94 bits per heavy atom. The van der Waals surface area contributed by atoms with Gasteiger partial charge in [-0.3, -0.25) is 10.1 Å². The summed E-state index contributed by atoms with van der Waals surface area (Å²) in [5.41, 5.74) is 0.931. The minimum atomic E-state index is -0.391. The highest BCUT2D eigenvalue weighted by Gasteiger charge is 2.16. The van der Waals surface area contributed by atoms with Crippen LogP contribution in [0.3, 0.4) is 0 Å². The highest BCUT2D eigenvalue weighted by molar-refractivity contribution is 7.99. The van der Waals surface area contributed by atoms with Gasteiger partial charge in [-0.25, -0.2) is 0 Å². The van der Waals surface area contributed by atoms with Crippen molar-refractivity contribution in [2.45, 2.75) is 16.7 Å². The van der Waals surface area contributed by atoms with Crippen molar-refractivity contribution in [2.75, 3.05) is 0 Å². The maximum absolute atomic E-state index is 11.0. The maximum atomic E-state index is 11.0. The predicted octanol–water partition coefficient (Wildman–Crippen LogP) is 3.76. The topological polar surface area (TPSA) is 63.4 Å². The number of nitro benzene ring substituents is 1. The lowest BCUT2D eigenvalue weighted by atomic mass is 10.2. The van der Waals surface area contributed by atoms with Crippen LogP contribution < -0.4 is 0 Å². The van der Waals surface area contributed by atoms with Crippen LogP contribution in [0, 0.1) is 17.0 Å². The molecule has 0 spiro atoms. The Kier molecular flexibility index (Phi) is 3.53. The van der Waals surface area contributed by atoms with Crippen LogP contribution in [0.5, 0.6) is 5.75 Å². The van der Waals surface area contributed by atoms with E-state index >= 15 is 0 Å². The van der Waals surface area contributed by atoms with E-state index in [1.807, 2.05) is 13.0 Å². The molecule has 2 aromatic rings. The first kappa shape index (κ1) is 12.4. The van der Waals surface area contributed by atoms with Gasteiger partial charge in [0.15, 0.2) is 0 Å². The van der Waals surface area contributed by atoms with E-state index < -0.39 is 4.92 Å². The molecule has 0 unspecified atom stereocenters. The average Bonchev–Trinajstić information content (AvgIpc) is 2.31. The van der Waals surface area contributed by atoms with E-state index in [9.17, 15) is 15.2 Å². The second-order valence-corrected chi connectivity index (χ2v) is 4.86. The fraction of sp³-hybridized carbons (Fsp3) is 0.0769. The number of hydrogen-bond acceptors (Lipinski definition) is 4. The highest BCUT2D eigenvalue weighted by Crippen LogP contribution is 2.37.